The third-order valence-electron chi connectivity index (χ3n) is 1.47. The summed E-state index contributed by atoms with van der Waals surface area (Å²) in [6, 6.07) is 6.30. The number of thioether (sulfide) groups is 1. The van der Waals surface area contributed by atoms with Gasteiger partial charge in [0.2, 0.25) is 0 Å². The first-order valence-corrected chi connectivity index (χ1v) is 4.56. The number of benzene rings is 1. The van der Waals surface area contributed by atoms with Crippen LogP contribution in [-0.2, 0) is 0 Å². The molecule has 13 heavy (non-hydrogen) atoms. The summed E-state index contributed by atoms with van der Waals surface area (Å²) in [4.78, 5) is 11.3. The number of phenols is 1. The van der Waals surface area contributed by atoms with Crippen LogP contribution in [0.15, 0.2) is 24.3 Å². The number of nitriles is 1. The van der Waals surface area contributed by atoms with Crippen molar-refractivity contribution in [1.29, 1.82) is 5.26 Å². The zero-order valence-corrected chi connectivity index (χ0v) is 7.54. The minimum atomic E-state index is -0.232. The van der Waals surface area contributed by atoms with E-state index in [0.29, 0.717) is 0 Å². The van der Waals surface area contributed by atoms with Crippen molar-refractivity contribution in [2.24, 2.45) is 0 Å². The van der Waals surface area contributed by atoms with Gasteiger partial charge >= 0.3 is 0 Å². The molecule has 0 aromatic heterocycles. The van der Waals surface area contributed by atoms with Gasteiger partial charge in [-0.3, -0.25) is 4.79 Å². The van der Waals surface area contributed by atoms with Crippen LogP contribution in [0.4, 0.5) is 0 Å². The van der Waals surface area contributed by atoms with E-state index in [0.717, 1.165) is 11.8 Å². The number of para-hydroxylation sites is 1. The Morgan fingerprint density at radius 3 is 2.85 bits per heavy atom. The summed E-state index contributed by atoms with van der Waals surface area (Å²) in [7, 11) is 0. The molecule has 0 saturated heterocycles. The standard InChI is InChI=1S/C9H7NO2S/c10-6-13-5-9(12)7-3-1-2-4-8(7)11/h1-4,11H,5H2. The predicted octanol–water partition coefficient (Wildman–Crippen LogP) is 1.79. The topological polar surface area (TPSA) is 61.1 Å². The number of carbonyl (C=O) groups excluding carboxylic acids is 1. The lowest BCUT2D eigenvalue weighted by molar-refractivity contribution is 0.102. The molecule has 1 aromatic carbocycles. The number of hydrogen-bond acceptors (Lipinski definition) is 4. The van der Waals surface area contributed by atoms with E-state index in [1.54, 1.807) is 17.5 Å². The van der Waals surface area contributed by atoms with Gasteiger partial charge < -0.3 is 5.11 Å². The second kappa shape index (κ2) is 4.53. The average molecular weight is 193 g/mol. The molecule has 0 unspecified atom stereocenters. The number of Topliss-reactive ketones (excluding diaryl/α,β-unsaturated/α-hetero) is 1. The minimum absolute atomic E-state index is 0.0361. The Kier molecular flexibility index (Phi) is 3.35. The summed E-state index contributed by atoms with van der Waals surface area (Å²) < 4.78 is 0. The molecule has 0 aliphatic rings. The Labute approximate surface area is 80.0 Å². The molecule has 66 valence electrons. The fourth-order valence-electron chi connectivity index (χ4n) is 0.885. The fourth-order valence-corrected chi connectivity index (χ4v) is 1.24. The quantitative estimate of drug-likeness (QED) is 0.587. The first kappa shape index (κ1) is 9.62. The SMILES string of the molecule is N#CSCC(=O)c1ccccc1O. The largest absolute Gasteiger partial charge is 0.507 e. The van der Waals surface area contributed by atoms with E-state index in [-0.39, 0.29) is 22.8 Å². The normalized spacial score (nSPS) is 9.15. The molecule has 3 nitrogen and oxygen atoms in total. The summed E-state index contributed by atoms with van der Waals surface area (Å²) in [6.07, 6.45) is 0. The lowest BCUT2D eigenvalue weighted by Crippen LogP contribution is -2.01. The molecule has 4 heteroatoms. The van der Waals surface area contributed by atoms with Gasteiger partial charge in [0.05, 0.1) is 11.3 Å². The summed E-state index contributed by atoms with van der Waals surface area (Å²) in [5.74, 6) is -0.190. The van der Waals surface area contributed by atoms with Crippen molar-refractivity contribution >= 4 is 17.5 Å². The van der Waals surface area contributed by atoms with Crippen LogP contribution in [0, 0.1) is 10.7 Å². The Balaban J connectivity index is 2.78. The third kappa shape index (κ3) is 2.49. The molecule has 1 aromatic rings. The Bertz CT molecular complexity index is 357. The number of hydrogen-bond donors (Lipinski definition) is 1. The van der Waals surface area contributed by atoms with E-state index in [4.69, 9.17) is 5.26 Å². The number of carbonyl (C=O) groups is 1. The van der Waals surface area contributed by atoms with E-state index in [1.165, 1.54) is 12.1 Å². The molecule has 0 bridgehead atoms. The fraction of sp³-hybridized carbons (Fsp3) is 0.111. The minimum Gasteiger partial charge on any atom is -0.507 e. The average Bonchev–Trinajstić information content (AvgIpc) is 2.15. The van der Waals surface area contributed by atoms with Crippen LogP contribution in [0.3, 0.4) is 0 Å². The van der Waals surface area contributed by atoms with E-state index in [2.05, 4.69) is 0 Å². The van der Waals surface area contributed by atoms with E-state index in [1.807, 2.05) is 0 Å². The van der Waals surface area contributed by atoms with Crippen LogP contribution in [0.2, 0.25) is 0 Å². The number of phenolic OH excluding ortho intramolecular Hbond substituents is 1. The predicted molar refractivity (Wildman–Crippen MR) is 50.5 cm³/mol. The highest BCUT2D eigenvalue weighted by atomic mass is 32.2. The molecule has 0 spiro atoms. The zero-order valence-electron chi connectivity index (χ0n) is 6.73. The van der Waals surface area contributed by atoms with Crippen molar-refractivity contribution in [3.63, 3.8) is 0 Å². The van der Waals surface area contributed by atoms with Gasteiger partial charge in [0.1, 0.15) is 11.2 Å². The molecule has 1 N–H and O–H groups in total. The third-order valence-corrected chi connectivity index (χ3v) is 2.01. The van der Waals surface area contributed by atoms with Crippen molar-refractivity contribution in [3.8, 4) is 11.2 Å². The van der Waals surface area contributed by atoms with Crippen molar-refractivity contribution < 1.29 is 9.90 Å². The maximum atomic E-state index is 11.3. The van der Waals surface area contributed by atoms with E-state index < -0.39 is 0 Å². The highest BCUT2D eigenvalue weighted by molar-refractivity contribution is 8.04. The van der Waals surface area contributed by atoms with Gasteiger partial charge in [-0.1, -0.05) is 12.1 Å². The molecule has 0 atom stereocenters. The highest BCUT2D eigenvalue weighted by Crippen LogP contribution is 2.17. The Morgan fingerprint density at radius 1 is 1.54 bits per heavy atom. The number of aromatic hydroxyl groups is 1. The molecule has 0 saturated carbocycles. The van der Waals surface area contributed by atoms with Crippen molar-refractivity contribution in [2.75, 3.05) is 5.75 Å². The molecule has 1 rings (SSSR count). The van der Waals surface area contributed by atoms with Gasteiger partial charge in [0.15, 0.2) is 5.78 Å². The van der Waals surface area contributed by atoms with Crippen LogP contribution in [0.1, 0.15) is 10.4 Å². The molecule has 0 amide bonds. The summed E-state index contributed by atoms with van der Waals surface area (Å²) in [6.45, 7) is 0. The first-order valence-electron chi connectivity index (χ1n) is 3.58. The number of ketones is 1. The monoisotopic (exact) mass is 193 g/mol. The highest BCUT2D eigenvalue weighted by Gasteiger charge is 2.09. The van der Waals surface area contributed by atoms with Crippen molar-refractivity contribution in [1.82, 2.24) is 0 Å². The van der Waals surface area contributed by atoms with Gasteiger partial charge in [0.25, 0.3) is 0 Å². The van der Waals surface area contributed by atoms with Crippen LogP contribution in [-0.4, -0.2) is 16.6 Å². The second-order valence-corrected chi connectivity index (χ2v) is 3.08. The Morgan fingerprint density at radius 2 is 2.23 bits per heavy atom. The van der Waals surface area contributed by atoms with E-state index in [9.17, 15) is 9.90 Å². The number of thiocyanates is 1. The zero-order chi connectivity index (χ0) is 9.68. The van der Waals surface area contributed by atoms with Crippen molar-refractivity contribution in [2.45, 2.75) is 0 Å². The van der Waals surface area contributed by atoms with Gasteiger partial charge in [-0.25, -0.2) is 0 Å². The summed E-state index contributed by atoms with van der Waals surface area (Å²) in [5, 5.41) is 19.3. The first-order chi connectivity index (χ1) is 6.25. The second-order valence-electron chi connectivity index (χ2n) is 2.32. The summed E-state index contributed by atoms with van der Waals surface area (Å²) in [5.41, 5.74) is 0.269. The summed E-state index contributed by atoms with van der Waals surface area (Å²) >= 11 is 0.865. The molecule has 0 aliphatic heterocycles. The van der Waals surface area contributed by atoms with Gasteiger partial charge in [-0.2, -0.15) is 5.26 Å². The Hall–Kier alpha value is -1.47. The lowest BCUT2D eigenvalue weighted by Gasteiger charge is -1.99. The van der Waals surface area contributed by atoms with Gasteiger partial charge in [-0.15, -0.1) is 0 Å². The van der Waals surface area contributed by atoms with Gasteiger partial charge in [-0.05, 0) is 23.9 Å². The molecule has 0 heterocycles. The van der Waals surface area contributed by atoms with Crippen molar-refractivity contribution in [3.05, 3.63) is 29.8 Å². The maximum Gasteiger partial charge on any atom is 0.177 e. The molecule has 0 radical (unpaired) electrons. The van der Waals surface area contributed by atoms with Crippen LogP contribution in [0.5, 0.6) is 5.75 Å². The molecule has 0 aliphatic carbocycles. The number of rotatable bonds is 3. The molecule has 0 fully saturated rings. The molecular formula is C9H7NO2S. The molecular weight excluding hydrogens is 186 g/mol. The smallest absolute Gasteiger partial charge is 0.177 e. The lowest BCUT2D eigenvalue weighted by atomic mass is 10.1. The van der Waals surface area contributed by atoms with E-state index >= 15 is 0 Å². The van der Waals surface area contributed by atoms with Crippen LogP contribution < -0.4 is 0 Å². The van der Waals surface area contributed by atoms with Crippen LogP contribution >= 0.6 is 11.8 Å². The van der Waals surface area contributed by atoms with Crippen LogP contribution in [0.25, 0.3) is 0 Å². The number of nitrogens with zero attached hydrogens (tertiary/aromatic N) is 1. The van der Waals surface area contributed by atoms with Gasteiger partial charge in [0, 0.05) is 0 Å². The maximum absolute atomic E-state index is 11.3.